The molecule has 0 spiro atoms. The van der Waals surface area contributed by atoms with Gasteiger partial charge in [-0.15, -0.1) is 0 Å². The van der Waals surface area contributed by atoms with Crippen LogP contribution in [-0.2, 0) is 0 Å². The molecule has 4 rings (SSSR count). The standard InChI is InChI=1S/C21H34O6/c1-17-10-4-3-5-13(17)6-7-14-15(17)8-11-18(2)16(14)9-12-19(18,22)20(23,24)21(25,26)27/h9,12-16,22-27H,3-8,10-11H2,1-2H3/t13?,14-,15+,16+,17+,18+,19-/m1/s1. The summed E-state index contributed by atoms with van der Waals surface area (Å²) in [5.74, 6) is -5.82. The number of allylic oxidation sites excluding steroid dienone is 1. The second-order valence-corrected chi connectivity index (χ2v) is 10.2. The zero-order chi connectivity index (χ0) is 19.9. The van der Waals surface area contributed by atoms with Crippen molar-refractivity contribution in [3.63, 3.8) is 0 Å². The molecule has 0 aromatic carbocycles. The Bertz CT molecular complexity index is 639. The Morgan fingerprint density at radius 2 is 1.59 bits per heavy atom. The molecule has 0 saturated heterocycles. The lowest BCUT2D eigenvalue weighted by atomic mass is 9.44. The third-order valence-electron chi connectivity index (χ3n) is 9.25. The minimum absolute atomic E-state index is 0.0954. The van der Waals surface area contributed by atoms with Crippen LogP contribution in [0.25, 0.3) is 0 Å². The van der Waals surface area contributed by atoms with Crippen molar-refractivity contribution >= 4 is 0 Å². The molecule has 154 valence electrons. The van der Waals surface area contributed by atoms with Crippen LogP contribution in [0.5, 0.6) is 0 Å². The van der Waals surface area contributed by atoms with Crippen molar-refractivity contribution in [1.82, 2.24) is 0 Å². The molecule has 4 aliphatic carbocycles. The van der Waals surface area contributed by atoms with Gasteiger partial charge in [-0.05, 0) is 67.6 Å². The molecule has 6 nitrogen and oxygen atoms in total. The van der Waals surface area contributed by atoms with Gasteiger partial charge in [0.05, 0.1) is 0 Å². The molecule has 0 heterocycles. The third kappa shape index (κ3) is 2.34. The maximum absolute atomic E-state index is 11.2. The number of fused-ring (bicyclic) bond motifs is 5. The summed E-state index contributed by atoms with van der Waals surface area (Å²) in [7, 11) is 0. The van der Waals surface area contributed by atoms with Crippen LogP contribution in [0, 0.1) is 34.5 Å². The van der Waals surface area contributed by atoms with Crippen LogP contribution >= 0.6 is 0 Å². The summed E-state index contributed by atoms with van der Waals surface area (Å²) in [6.07, 6.45) is 11.8. The quantitative estimate of drug-likeness (QED) is 0.316. The Morgan fingerprint density at radius 1 is 0.889 bits per heavy atom. The molecule has 0 aliphatic heterocycles. The lowest BCUT2D eigenvalue weighted by molar-refractivity contribution is -0.485. The summed E-state index contributed by atoms with van der Waals surface area (Å²) >= 11 is 0. The van der Waals surface area contributed by atoms with Gasteiger partial charge in [0.15, 0.2) is 5.60 Å². The van der Waals surface area contributed by atoms with Crippen molar-refractivity contribution in [3.05, 3.63) is 12.2 Å². The first-order chi connectivity index (χ1) is 12.4. The van der Waals surface area contributed by atoms with E-state index in [4.69, 9.17) is 0 Å². The number of hydrogen-bond acceptors (Lipinski definition) is 6. The zero-order valence-electron chi connectivity index (χ0n) is 16.3. The SMILES string of the molecule is C[C@]12CCCCC1CC[C@@H]1[C@@H]2CC[C@@]2(C)[C@H]1C=C[C@]2(O)C(O)(O)C(O)(O)O. The molecule has 6 N–H and O–H groups in total. The molecular weight excluding hydrogens is 348 g/mol. The average molecular weight is 382 g/mol. The van der Waals surface area contributed by atoms with Crippen LogP contribution in [0.4, 0.5) is 0 Å². The minimum Gasteiger partial charge on any atom is -0.379 e. The smallest absolute Gasteiger partial charge is 0.336 e. The number of rotatable bonds is 2. The van der Waals surface area contributed by atoms with Crippen LogP contribution in [-0.4, -0.2) is 48.0 Å². The highest BCUT2D eigenvalue weighted by atomic mass is 16.7. The normalized spacial score (nSPS) is 50.1. The summed E-state index contributed by atoms with van der Waals surface area (Å²) in [6, 6.07) is 0. The van der Waals surface area contributed by atoms with Crippen molar-refractivity contribution in [3.8, 4) is 0 Å². The Morgan fingerprint density at radius 3 is 2.26 bits per heavy atom. The summed E-state index contributed by atoms with van der Waals surface area (Å²) in [6.45, 7) is 4.19. The van der Waals surface area contributed by atoms with Gasteiger partial charge in [0.2, 0.25) is 0 Å². The fraction of sp³-hybridized carbons (Fsp3) is 0.905. The van der Waals surface area contributed by atoms with Gasteiger partial charge in [0, 0.05) is 5.41 Å². The van der Waals surface area contributed by atoms with Crippen LogP contribution < -0.4 is 0 Å². The van der Waals surface area contributed by atoms with Crippen molar-refractivity contribution in [2.24, 2.45) is 34.5 Å². The van der Waals surface area contributed by atoms with E-state index in [1.807, 2.05) is 6.08 Å². The second-order valence-electron chi connectivity index (χ2n) is 10.2. The molecule has 0 aromatic rings. The van der Waals surface area contributed by atoms with Gasteiger partial charge in [0.25, 0.3) is 5.79 Å². The molecule has 1 unspecified atom stereocenters. The van der Waals surface area contributed by atoms with Crippen LogP contribution in [0.1, 0.15) is 65.2 Å². The van der Waals surface area contributed by atoms with Gasteiger partial charge < -0.3 is 30.6 Å². The minimum atomic E-state index is -3.83. The molecule has 0 radical (unpaired) electrons. The fourth-order valence-electron chi connectivity index (χ4n) is 7.55. The van der Waals surface area contributed by atoms with E-state index in [2.05, 4.69) is 6.92 Å². The topological polar surface area (TPSA) is 121 Å². The molecule has 3 fully saturated rings. The molecule has 6 heteroatoms. The van der Waals surface area contributed by atoms with Crippen LogP contribution in [0.3, 0.4) is 0 Å². The van der Waals surface area contributed by atoms with E-state index in [1.165, 1.54) is 31.8 Å². The molecule has 7 atom stereocenters. The van der Waals surface area contributed by atoms with Crippen molar-refractivity contribution in [1.29, 1.82) is 0 Å². The molecule has 0 aromatic heterocycles. The summed E-state index contributed by atoms with van der Waals surface area (Å²) < 4.78 is 0. The van der Waals surface area contributed by atoms with Gasteiger partial charge in [-0.2, -0.15) is 0 Å². The predicted molar refractivity (Wildman–Crippen MR) is 97.8 cm³/mol. The van der Waals surface area contributed by atoms with E-state index in [0.717, 1.165) is 25.2 Å². The summed E-state index contributed by atoms with van der Waals surface area (Å²) in [4.78, 5) is 0. The maximum Gasteiger partial charge on any atom is 0.336 e. The number of hydrogen-bond donors (Lipinski definition) is 6. The van der Waals surface area contributed by atoms with E-state index < -0.39 is 22.8 Å². The number of aliphatic hydroxyl groups is 6. The molecule has 0 bridgehead atoms. The monoisotopic (exact) mass is 382 g/mol. The highest BCUT2D eigenvalue weighted by Gasteiger charge is 2.73. The highest BCUT2D eigenvalue weighted by molar-refractivity contribution is 5.30. The molecule has 27 heavy (non-hydrogen) atoms. The second kappa shape index (κ2) is 5.77. The average Bonchev–Trinajstić information content (AvgIpc) is 2.86. The first kappa shape index (κ1) is 19.8. The zero-order valence-corrected chi connectivity index (χ0v) is 16.3. The molecule has 4 aliphatic rings. The first-order valence-corrected chi connectivity index (χ1v) is 10.4. The largest absolute Gasteiger partial charge is 0.379 e. The van der Waals surface area contributed by atoms with E-state index in [9.17, 15) is 30.6 Å². The van der Waals surface area contributed by atoms with Crippen molar-refractivity contribution < 1.29 is 30.6 Å². The van der Waals surface area contributed by atoms with Crippen molar-refractivity contribution in [2.45, 2.75) is 82.6 Å². The van der Waals surface area contributed by atoms with E-state index in [1.54, 1.807) is 6.92 Å². The predicted octanol–water partition coefficient (Wildman–Crippen LogP) is 1.24. The van der Waals surface area contributed by atoms with Gasteiger partial charge in [-0.3, -0.25) is 0 Å². The van der Waals surface area contributed by atoms with Crippen LogP contribution in [0.15, 0.2) is 12.2 Å². The van der Waals surface area contributed by atoms with Crippen LogP contribution in [0.2, 0.25) is 0 Å². The molecule has 3 saturated carbocycles. The fourth-order valence-corrected chi connectivity index (χ4v) is 7.55. The summed E-state index contributed by atoms with van der Waals surface area (Å²) in [5, 5.41) is 60.5. The third-order valence-corrected chi connectivity index (χ3v) is 9.25. The van der Waals surface area contributed by atoms with Gasteiger partial charge in [0.1, 0.15) is 0 Å². The first-order valence-electron chi connectivity index (χ1n) is 10.4. The van der Waals surface area contributed by atoms with Gasteiger partial charge >= 0.3 is 5.97 Å². The van der Waals surface area contributed by atoms with E-state index in [0.29, 0.717) is 23.7 Å². The van der Waals surface area contributed by atoms with Crippen molar-refractivity contribution in [2.75, 3.05) is 0 Å². The Labute approximate surface area is 160 Å². The Hall–Kier alpha value is -0.500. The van der Waals surface area contributed by atoms with E-state index >= 15 is 0 Å². The lowest BCUT2D eigenvalue weighted by Crippen LogP contribution is -2.73. The maximum atomic E-state index is 11.2. The Kier molecular flexibility index (Phi) is 4.23. The van der Waals surface area contributed by atoms with E-state index in [-0.39, 0.29) is 5.92 Å². The lowest BCUT2D eigenvalue weighted by Gasteiger charge is -2.62. The van der Waals surface area contributed by atoms with Gasteiger partial charge in [-0.25, -0.2) is 0 Å². The highest BCUT2D eigenvalue weighted by Crippen LogP contribution is 2.67. The summed E-state index contributed by atoms with van der Waals surface area (Å²) in [5.41, 5.74) is -3.05. The van der Waals surface area contributed by atoms with Gasteiger partial charge in [-0.1, -0.05) is 38.8 Å². The Balaban J connectivity index is 1.69. The molecule has 0 amide bonds. The molecular formula is C21H34O6.